The molecule has 0 aromatic carbocycles. The Hall–Kier alpha value is -0.260. The van der Waals surface area contributed by atoms with Crippen LogP contribution in [0.4, 0.5) is 0 Å². The zero-order valence-corrected chi connectivity index (χ0v) is 10.8. The van der Waals surface area contributed by atoms with Crippen molar-refractivity contribution in [2.75, 3.05) is 0 Å². The molecule has 0 saturated carbocycles. The van der Waals surface area contributed by atoms with Crippen molar-refractivity contribution in [2.45, 2.75) is 10.8 Å². The summed E-state index contributed by atoms with van der Waals surface area (Å²) in [5.41, 5.74) is -0.00850. The van der Waals surface area contributed by atoms with Crippen molar-refractivity contribution in [2.24, 2.45) is 0 Å². The van der Waals surface area contributed by atoms with Crippen LogP contribution in [0.25, 0.3) is 0 Å². The number of alkyl halides is 1. The van der Waals surface area contributed by atoms with E-state index >= 15 is 0 Å². The predicted octanol–water partition coefficient (Wildman–Crippen LogP) is 1.04. The van der Waals surface area contributed by atoms with E-state index in [0.29, 0.717) is 0 Å². The molecule has 1 heterocycles. The van der Waals surface area contributed by atoms with Gasteiger partial charge in [0.15, 0.2) is 5.40 Å². The van der Waals surface area contributed by atoms with E-state index in [0.717, 1.165) is 0 Å². The van der Waals surface area contributed by atoms with Crippen LogP contribution in [0.1, 0.15) is 11.1 Å². The summed E-state index contributed by atoms with van der Waals surface area (Å²) in [5, 5.41) is -3.87. The summed E-state index contributed by atoms with van der Waals surface area (Å²) < 4.78 is 22.2. The second kappa shape index (κ2) is 5.16. The van der Waals surface area contributed by atoms with Crippen LogP contribution in [0.5, 0.6) is 0 Å². The average molecular weight is 302 g/mol. The highest BCUT2D eigenvalue weighted by Crippen LogP contribution is 2.65. The summed E-state index contributed by atoms with van der Waals surface area (Å²) in [7, 11) is -10.1. The lowest BCUT2D eigenvalue weighted by Crippen LogP contribution is -2.16. The monoisotopic (exact) mass is 301 g/mol. The fourth-order valence-electron chi connectivity index (χ4n) is 1.23. The largest absolute Gasteiger partial charge is 0.342 e. The molecule has 1 unspecified atom stereocenters. The molecule has 0 aliphatic heterocycles. The van der Waals surface area contributed by atoms with Gasteiger partial charge >= 0.3 is 15.2 Å². The van der Waals surface area contributed by atoms with Crippen molar-refractivity contribution in [3.05, 3.63) is 30.1 Å². The Labute approximate surface area is 102 Å². The van der Waals surface area contributed by atoms with Crippen molar-refractivity contribution in [3.8, 4) is 0 Å². The van der Waals surface area contributed by atoms with Gasteiger partial charge in [0.1, 0.15) is 5.38 Å². The lowest BCUT2D eigenvalue weighted by Gasteiger charge is -2.23. The van der Waals surface area contributed by atoms with Gasteiger partial charge in [0.05, 0.1) is 5.69 Å². The molecule has 0 fully saturated rings. The van der Waals surface area contributed by atoms with Gasteiger partial charge < -0.3 is 19.6 Å². The molecule has 1 rings (SSSR count). The molecule has 0 saturated heterocycles. The van der Waals surface area contributed by atoms with E-state index in [-0.39, 0.29) is 5.69 Å². The summed E-state index contributed by atoms with van der Waals surface area (Å²) in [4.78, 5) is 39.5. The minimum absolute atomic E-state index is 0.00850. The van der Waals surface area contributed by atoms with Gasteiger partial charge in [-0.05, 0) is 12.1 Å². The number of aromatic nitrogens is 1. The van der Waals surface area contributed by atoms with Crippen LogP contribution < -0.4 is 0 Å². The molecule has 0 aliphatic carbocycles. The van der Waals surface area contributed by atoms with Crippen LogP contribution in [0.2, 0.25) is 0 Å². The van der Waals surface area contributed by atoms with Gasteiger partial charge in [-0.15, -0.1) is 11.6 Å². The summed E-state index contributed by atoms with van der Waals surface area (Å²) in [6.07, 6.45) is 1.31. The topological polar surface area (TPSA) is 128 Å². The average Bonchev–Trinajstić information content (AvgIpc) is 2.14. The molecule has 17 heavy (non-hydrogen) atoms. The molecule has 0 bridgehead atoms. The molecule has 0 amide bonds. The first-order chi connectivity index (χ1) is 7.64. The van der Waals surface area contributed by atoms with E-state index in [4.69, 9.17) is 31.2 Å². The van der Waals surface area contributed by atoms with Gasteiger partial charge in [-0.3, -0.25) is 14.1 Å². The van der Waals surface area contributed by atoms with Crippen LogP contribution >= 0.6 is 26.8 Å². The van der Waals surface area contributed by atoms with Gasteiger partial charge in [0.25, 0.3) is 0 Å². The molecule has 1 aromatic heterocycles. The fourth-order valence-corrected chi connectivity index (χ4v) is 4.79. The van der Waals surface area contributed by atoms with Crippen molar-refractivity contribution in [1.29, 1.82) is 0 Å². The maximum absolute atomic E-state index is 11.1. The summed E-state index contributed by atoms with van der Waals surface area (Å²) >= 11 is 5.69. The van der Waals surface area contributed by atoms with Gasteiger partial charge in [-0.2, -0.15) is 0 Å². The molecule has 0 radical (unpaired) electrons. The number of halogens is 1. The van der Waals surface area contributed by atoms with E-state index in [1.54, 1.807) is 0 Å². The van der Waals surface area contributed by atoms with E-state index in [1.807, 2.05) is 0 Å². The van der Waals surface area contributed by atoms with Crippen LogP contribution in [0.15, 0.2) is 24.4 Å². The number of nitrogens with zero attached hydrogens (tertiary/aromatic N) is 1. The van der Waals surface area contributed by atoms with Crippen molar-refractivity contribution in [3.63, 3.8) is 0 Å². The molecule has 7 nitrogen and oxygen atoms in total. The van der Waals surface area contributed by atoms with Gasteiger partial charge in [-0.1, -0.05) is 6.07 Å². The van der Waals surface area contributed by atoms with Crippen LogP contribution in [0.3, 0.4) is 0 Å². The normalized spacial score (nSPS) is 14.9. The van der Waals surface area contributed by atoms with Gasteiger partial charge in [-0.25, -0.2) is 0 Å². The molecular formula is C7H10ClNO6P2. The first-order valence-corrected chi connectivity index (χ1v) is 8.09. The molecule has 0 spiro atoms. The molecule has 96 valence electrons. The van der Waals surface area contributed by atoms with Crippen molar-refractivity contribution < 1.29 is 28.7 Å². The minimum atomic E-state index is -5.05. The Morgan fingerprint density at radius 3 is 2.00 bits per heavy atom. The van der Waals surface area contributed by atoms with Crippen LogP contribution in [0, 0.1) is 0 Å². The first-order valence-electron chi connectivity index (χ1n) is 4.29. The quantitative estimate of drug-likeness (QED) is 0.483. The SMILES string of the molecule is O=P(O)(O)C(C(Cl)c1ccccn1)P(=O)(O)O. The van der Waals surface area contributed by atoms with Crippen LogP contribution in [-0.2, 0) is 9.13 Å². The summed E-state index contributed by atoms with van der Waals surface area (Å²) in [6, 6.07) is 4.36. The molecule has 0 aliphatic rings. The minimum Gasteiger partial charge on any atom is -0.324 e. The standard InChI is InChI=1S/C7H10ClNO6P2/c8-6(5-3-1-2-4-9-5)7(16(10,11)12)17(13,14)15/h1-4,6-7H,(H2,10,11,12)(H2,13,14,15). The van der Waals surface area contributed by atoms with Crippen LogP contribution in [-0.4, -0.2) is 30.0 Å². The second-order valence-electron chi connectivity index (χ2n) is 3.25. The number of hydrogen-bond acceptors (Lipinski definition) is 3. The molecule has 1 aromatic rings. The van der Waals surface area contributed by atoms with Gasteiger partial charge in [0.2, 0.25) is 0 Å². The summed E-state index contributed by atoms with van der Waals surface area (Å²) in [5.74, 6) is 0. The number of hydrogen-bond donors (Lipinski definition) is 4. The Bertz CT molecular complexity index is 449. The third-order valence-electron chi connectivity index (χ3n) is 1.92. The lowest BCUT2D eigenvalue weighted by atomic mass is 10.3. The maximum Gasteiger partial charge on any atom is 0.342 e. The molecule has 1 atom stereocenters. The third-order valence-corrected chi connectivity index (χ3v) is 6.53. The highest BCUT2D eigenvalue weighted by atomic mass is 35.5. The van der Waals surface area contributed by atoms with Crippen molar-refractivity contribution in [1.82, 2.24) is 4.98 Å². The van der Waals surface area contributed by atoms with E-state index < -0.39 is 26.0 Å². The Kier molecular flexibility index (Phi) is 4.49. The van der Waals surface area contributed by atoms with Gasteiger partial charge in [0, 0.05) is 6.20 Å². The van der Waals surface area contributed by atoms with E-state index in [9.17, 15) is 9.13 Å². The third kappa shape index (κ3) is 3.86. The Morgan fingerprint density at radius 2 is 1.65 bits per heavy atom. The summed E-state index contributed by atoms with van der Waals surface area (Å²) in [6.45, 7) is 0. The molecule has 4 N–H and O–H groups in total. The Morgan fingerprint density at radius 1 is 1.12 bits per heavy atom. The fraction of sp³-hybridized carbons (Fsp3) is 0.286. The first kappa shape index (κ1) is 14.8. The highest BCUT2D eigenvalue weighted by Gasteiger charge is 2.49. The predicted molar refractivity (Wildman–Crippen MR) is 60.7 cm³/mol. The molecular weight excluding hydrogens is 291 g/mol. The molecule has 10 heteroatoms. The number of rotatable bonds is 4. The maximum atomic E-state index is 11.1. The zero-order chi connectivity index (χ0) is 13.3. The van der Waals surface area contributed by atoms with E-state index in [2.05, 4.69) is 4.98 Å². The Balaban J connectivity index is 3.18. The second-order valence-corrected chi connectivity index (χ2v) is 7.59. The number of pyridine rings is 1. The van der Waals surface area contributed by atoms with E-state index in [1.165, 1.54) is 24.4 Å². The lowest BCUT2D eigenvalue weighted by molar-refractivity contribution is 0.336. The highest BCUT2D eigenvalue weighted by molar-refractivity contribution is 7.71. The zero-order valence-electron chi connectivity index (χ0n) is 8.29. The smallest absolute Gasteiger partial charge is 0.324 e. The van der Waals surface area contributed by atoms with Crippen molar-refractivity contribution >= 4 is 26.8 Å².